The summed E-state index contributed by atoms with van der Waals surface area (Å²) in [5, 5.41) is 7.84. The van der Waals surface area contributed by atoms with Crippen LogP contribution in [0.15, 0.2) is 47.6 Å². The third kappa shape index (κ3) is 3.54. The van der Waals surface area contributed by atoms with Crippen LogP contribution in [0, 0.1) is 0 Å². The fourth-order valence-electron chi connectivity index (χ4n) is 4.79. The standard InChI is InChI=1S/C24H26ClN3O4/c1-3-31-23(29)27-12-10-24(11-13-27)28-21(19-14-17(25)6-9-22(19)32-24)15-20(26-28)16-4-7-18(30-2)8-5-16/h4-9,14,21H,3,10-13,15H2,1-2H3. The molecule has 2 aromatic rings. The van der Waals surface area contributed by atoms with E-state index in [9.17, 15) is 4.79 Å². The number of amides is 1. The first-order valence-electron chi connectivity index (χ1n) is 10.9. The molecule has 0 bridgehead atoms. The Hall–Kier alpha value is -2.93. The van der Waals surface area contributed by atoms with Crippen LogP contribution in [-0.2, 0) is 4.74 Å². The molecule has 7 nitrogen and oxygen atoms in total. The zero-order valence-corrected chi connectivity index (χ0v) is 19.0. The van der Waals surface area contributed by atoms with E-state index < -0.39 is 5.72 Å². The van der Waals surface area contributed by atoms with Crippen LogP contribution < -0.4 is 9.47 Å². The van der Waals surface area contributed by atoms with Crippen LogP contribution in [0.3, 0.4) is 0 Å². The van der Waals surface area contributed by atoms with Crippen LogP contribution in [0.5, 0.6) is 11.5 Å². The van der Waals surface area contributed by atoms with Crippen molar-refractivity contribution in [3.05, 3.63) is 58.6 Å². The minimum absolute atomic E-state index is 0.0312. The Kier molecular flexibility index (Phi) is 5.37. The molecule has 1 saturated heterocycles. The Balaban J connectivity index is 1.48. The number of piperidine rings is 1. The average molecular weight is 456 g/mol. The van der Waals surface area contributed by atoms with Crippen LogP contribution >= 0.6 is 11.6 Å². The normalized spacial score (nSPS) is 20.8. The predicted molar refractivity (Wildman–Crippen MR) is 121 cm³/mol. The molecular weight excluding hydrogens is 430 g/mol. The molecule has 0 radical (unpaired) electrons. The van der Waals surface area contributed by atoms with Crippen LogP contribution in [0.25, 0.3) is 0 Å². The summed E-state index contributed by atoms with van der Waals surface area (Å²) in [6.45, 7) is 3.30. The van der Waals surface area contributed by atoms with Gasteiger partial charge in [-0.05, 0) is 55.0 Å². The quantitative estimate of drug-likeness (QED) is 0.662. The highest BCUT2D eigenvalue weighted by atomic mass is 35.5. The van der Waals surface area contributed by atoms with Crippen molar-refractivity contribution in [2.45, 2.75) is 38.0 Å². The highest BCUT2D eigenvalue weighted by molar-refractivity contribution is 6.30. The number of ether oxygens (including phenoxy) is 3. The number of fused-ring (bicyclic) bond motifs is 4. The second-order valence-electron chi connectivity index (χ2n) is 8.26. The van der Waals surface area contributed by atoms with Crippen LogP contribution in [-0.4, -0.2) is 54.2 Å². The number of benzene rings is 2. The average Bonchev–Trinajstić information content (AvgIpc) is 3.27. The number of halogens is 1. The maximum absolute atomic E-state index is 12.2. The summed E-state index contributed by atoms with van der Waals surface area (Å²) >= 11 is 6.33. The molecule has 3 aliphatic rings. The summed E-state index contributed by atoms with van der Waals surface area (Å²) in [6, 6.07) is 13.8. The Morgan fingerprint density at radius 1 is 1.22 bits per heavy atom. The van der Waals surface area contributed by atoms with Gasteiger partial charge in [0.1, 0.15) is 11.5 Å². The molecule has 8 heteroatoms. The number of nitrogens with zero attached hydrogens (tertiary/aromatic N) is 3. The second kappa shape index (κ2) is 8.20. The molecule has 0 N–H and O–H groups in total. The van der Waals surface area contributed by atoms with Gasteiger partial charge in [-0.1, -0.05) is 11.6 Å². The van der Waals surface area contributed by atoms with Gasteiger partial charge in [0.15, 0.2) is 0 Å². The lowest BCUT2D eigenvalue weighted by molar-refractivity contribution is -0.147. The molecule has 32 heavy (non-hydrogen) atoms. The van der Waals surface area contributed by atoms with Crippen LogP contribution in [0.2, 0.25) is 5.02 Å². The van der Waals surface area contributed by atoms with Gasteiger partial charge in [-0.3, -0.25) is 0 Å². The van der Waals surface area contributed by atoms with Crippen LogP contribution in [0.1, 0.15) is 43.4 Å². The van der Waals surface area contributed by atoms with Crippen molar-refractivity contribution in [1.82, 2.24) is 9.91 Å². The van der Waals surface area contributed by atoms with Crippen molar-refractivity contribution in [3.8, 4) is 11.5 Å². The third-order valence-corrected chi connectivity index (χ3v) is 6.69. The van der Waals surface area contributed by atoms with E-state index in [1.165, 1.54) is 0 Å². The number of hydrogen-bond donors (Lipinski definition) is 0. The van der Waals surface area contributed by atoms with E-state index in [0.29, 0.717) is 37.6 Å². The summed E-state index contributed by atoms with van der Waals surface area (Å²) in [5.41, 5.74) is 2.50. The van der Waals surface area contributed by atoms with E-state index in [-0.39, 0.29) is 12.1 Å². The van der Waals surface area contributed by atoms with Gasteiger partial charge >= 0.3 is 6.09 Å². The van der Waals surface area contributed by atoms with E-state index in [1.54, 1.807) is 12.0 Å². The number of likely N-dealkylation sites (tertiary alicyclic amines) is 1. The SMILES string of the molecule is CCOC(=O)N1CCC2(CC1)Oc1ccc(Cl)cc1C1CC(c3ccc(OC)cc3)=NN12. The predicted octanol–water partition coefficient (Wildman–Crippen LogP) is 4.84. The van der Waals surface area contributed by atoms with E-state index in [0.717, 1.165) is 34.8 Å². The zero-order valence-electron chi connectivity index (χ0n) is 18.2. The van der Waals surface area contributed by atoms with Crippen molar-refractivity contribution >= 4 is 23.4 Å². The van der Waals surface area contributed by atoms with Gasteiger partial charge in [0.05, 0.1) is 25.5 Å². The first-order chi connectivity index (χ1) is 15.5. The third-order valence-electron chi connectivity index (χ3n) is 6.45. The molecule has 1 unspecified atom stereocenters. The van der Waals surface area contributed by atoms with Gasteiger partial charge in [-0.2, -0.15) is 5.10 Å². The number of hydrazone groups is 1. The number of rotatable bonds is 3. The number of carbonyl (C=O) groups is 1. The molecule has 3 heterocycles. The van der Waals surface area contributed by atoms with E-state index in [4.69, 9.17) is 30.9 Å². The van der Waals surface area contributed by atoms with Crippen molar-refractivity contribution in [2.75, 3.05) is 26.8 Å². The van der Waals surface area contributed by atoms with Gasteiger partial charge in [0, 0.05) is 42.9 Å². The molecule has 1 fully saturated rings. The van der Waals surface area contributed by atoms with Crippen molar-refractivity contribution in [2.24, 2.45) is 5.10 Å². The fraction of sp³-hybridized carbons (Fsp3) is 0.417. The molecule has 0 aliphatic carbocycles. The number of methoxy groups -OCH3 is 1. The molecular formula is C24H26ClN3O4. The van der Waals surface area contributed by atoms with Crippen LogP contribution in [0.4, 0.5) is 4.79 Å². The van der Waals surface area contributed by atoms with Gasteiger partial charge in [0.25, 0.3) is 0 Å². The highest BCUT2D eigenvalue weighted by Crippen LogP contribution is 2.50. The molecule has 1 spiro atoms. The van der Waals surface area contributed by atoms with Crippen molar-refractivity contribution in [3.63, 3.8) is 0 Å². The second-order valence-corrected chi connectivity index (χ2v) is 8.69. The van der Waals surface area contributed by atoms with Gasteiger partial charge < -0.3 is 19.1 Å². The topological polar surface area (TPSA) is 63.6 Å². The van der Waals surface area contributed by atoms with Gasteiger partial charge in [0.2, 0.25) is 5.72 Å². The Labute approximate surface area is 192 Å². The summed E-state index contributed by atoms with van der Waals surface area (Å²) in [7, 11) is 1.66. The molecule has 3 aliphatic heterocycles. The molecule has 5 rings (SSSR count). The molecule has 0 aromatic heterocycles. The summed E-state index contributed by atoms with van der Waals surface area (Å²) in [5.74, 6) is 1.65. The van der Waals surface area contributed by atoms with E-state index >= 15 is 0 Å². The van der Waals surface area contributed by atoms with Crippen molar-refractivity contribution in [1.29, 1.82) is 0 Å². The Morgan fingerprint density at radius 2 is 1.97 bits per heavy atom. The lowest BCUT2D eigenvalue weighted by Crippen LogP contribution is -2.59. The molecule has 0 saturated carbocycles. The first-order valence-corrected chi connectivity index (χ1v) is 11.3. The van der Waals surface area contributed by atoms with E-state index in [2.05, 4.69) is 5.01 Å². The largest absolute Gasteiger partial charge is 0.497 e. The monoisotopic (exact) mass is 455 g/mol. The summed E-state index contributed by atoms with van der Waals surface area (Å²) < 4.78 is 17.1. The smallest absolute Gasteiger partial charge is 0.409 e. The Bertz CT molecular complexity index is 1050. The maximum Gasteiger partial charge on any atom is 0.409 e. The van der Waals surface area contributed by atoms with Crippen molar-refractivity contribution < 1.29 is 19.0 Å². The highest BCUT2D eigenvalue weighted by Gasteiger charge is 2.52. The van der Waals surface area contributed by atoms with Gasteiger partial charge in [-0.25, -0.2) is 9.80 Å². The summed E-state index contributed by atoms with van der Waals surface area (Å²) in [6.07, 6.45) is 1.77. The lowest BCUT2D eigenvalue weighted by Gasteiger charge is -2.51. The van der Waals surface area contributed by atoms with E-state index in [1.807, 2.05) is 49.4 Å². The zero-order chi connectivity index (χ0) is 22.3. The lowest BCUT2D eigenvalue weighted by atomic mass is 9.91. The molecule has 1 atom stereocenters. The number of hydrogen-bond acceptors (Lipinski definition) is 6. The maximum atomic E-state index is 12.2. The Morgan fingerprint density at radius 3 is 2.66 bits per heavy atom. The first kappa shape index (κ1) is 20.9. The summed E-state index contributed by atoms with van der Waals surface area (Å²) in [4.78, 5) is 14.0. The van der Waals surface area contributed by atoms with Gasteiger partial charge in [-0.15, -0.1) is 0 Å². The number of carbonyl (C=O) groups excluding carboxylic acids is 1. The fourth-order valence-corrected chi connectivity index (χ4v) is 4.98. The minimum atomic E-state index is -0.608. The molecule has 2 aromatic carbocycles. The molecule has 1 amide bonds. The minimum Gasteiger partial charge on any atom is -0.497 e. The molecule has 168 valence electrons.